The molecule has 0 saturated carbocycles. The number of hydrogen-bond acceptors (Lipinski definition) is 5. The lowest BCUT2D eigenvalue weighted by Gasteiger charge is -2.14. The summed E-state index contributed by atoms with van der Waals surface area (Å²) in [4.78, 5) is 11.0. The van der Waals surface area contributed by atoms with Crippen LogP contribution in [0.3, 0.4) is 0 Å². The van der Waals surface area contributed by atoms with Crippen molar-refractivity contribution in [2.45, 2.75) is 23.8 Å². The average molecular weight is 312 g/mol. The maximum Gasteiger partial charge on any atom is 0.321 e. The summed E-state index contributed by atoms with van der Waals surface area (Å²) in [6.07, 6.45) is 0.205. The van der Waals surface area contributed by atoms with E-state index in [0.29, 0.717) is 5.56 Å². The first-order valence-corrected chi connectivity index (χ1v) is 7.59. The van der Waals surface area contributed by atoms with Crippen molar-refractivity contribution >= 4 is 16.0 Å². The molecule has 0 spiro atoms. The van der Waals surface area contributed by atoms with Gasteiger partial charge in [0, 0.05) is 13.7 Å². The highest BCUT2D eigenvalue weighted by Gasteiger charge is 2.25. The van der Waals surface area contributed by atoms with Gasteiger partial charge in [0.25, 0.3) is 0 Å². The zero-order valence-corrected chi connectivity index (χ0v) is 12.3. The van der Waals surface area contributed by atoms with Crippen LogP contribution in [0, 0.1) is 11.3 Å². The van der Waals surface area contributed by atoms with Gasteiger partial charge in [-0.2, -0.15) is 9.98 Å². The molecular weight excluding hydrogens is 296 g/mol. The summed E-state index contributed by atoms with van der Waals surface area (Å²) >= 11 is 0. The molecule has 1 aromatic rings. The van der Waals surface area contributed by atoms with Crippen LogP contribution in [0.25, 0.3) is 0 Å². The summed E-state index contributed by atoms with van der Waals surface area (Å²) in [6, 6.07) is 6.41. The third-order valence-electron chi connectivity index (χ3n) is 2.72. The Morgan fingerprint density at radius 2 is 2.05 bits per heavy atom. The Morgan fingerprint density at radius 3 is 2.52 bits per heavy atom. The summed E-state index contributed by atoms with van der Waals surface area (Å²) in [6.45, 7) is 0.126. The molecule has 21 heavy (non-hydrogen) atoms. The van der Waals surface area contributed by atoms with E-state index in [1.54, 1.807) is 0 Å². The van der Waals surface area contributed by atoms with E-state index in [4.69, 9.17) is 15.1 Å². The first-order chi connectivity index (χ1) is 9.90. The van der Waals surface area contributed by atoms with E-state index in [1.165, 1.54) is 31.4 Å². The lowest BCUT2D eigenvalue weighted by atomic mass is 10.2. The minimum absolute atomic E-state index is 0.0254. The second-order valence-electron chi connectivity index (χ2n) is 4.27. The summed E-state index contributed by atoms with van der Waals surface area (Å²) in [5.74, 6) is -1.27. The van der Waals surface area contributed by atoms with E-state index in [1.807, 2.05) is 6.07 Å². The van der Waals surface area contributed by atoms with E-state index < -0.39 is 22.0 Å². The van der Waals surface area contributed by atoms with Crippen LogP contribution in [0.1, 0.15) is 12.0 Å². The number of nitrogens with one attached hydrogen (secondary N) is 1. The molecule has 7 nitrogen and oxygen atoms in total. The summed E-state index contributed by atoms with van der Waals surface area (Å²) in [5, 5.41) is 17.6. The second-order valence-corrected chi connectivity index (χ2v) is 5.99. The van der Waals surface area contributed by atoms with Gasteiger partial charge in [-0.25, -0.2) is 8.42 Å². The van der Waals surface area contributed by atoms with Crippen molar-refractivity contribution in [1.82, 2.24) is 4.72 Å². The smallest absolute Gasteiger partial charge is 0.321 e. The van der Waals surface area contributed by atoms with Crippen LogP contribution in [0.4, 0.5) is 0 Å². The predicted octanol–water partition coefficient (Wildman–Crippen LogP) is 0.521. The molecule has 1 rings (SSSR count). The molecule has 8 heteroatoms. The van der Waals surface area contributed by atoms with Gasteiger partial charge in [0.1, 0.15) is 6.04 Å². The molecule has 0 fully saturated rings. The first kappa shape index (κ1) is 17.1. The molecule has 0 aliphatic carbocycles. The van der Waals surface area contributed by atoms with Crippen LogP contribution in [0.2, 0.25) is 0 Å². The van der Waals surface area contributed by atoms with Gasteiger partial charge < -0.3 is 9.84 Å². The van der Waals surface area contributed by atoms with Crippen molar-refractivity contribution in [2.75, 3.05) is 13.7 Å². The Hall–Kier alpha value is -1.95. The highest BCUT2D eigenvalue weighted by Crippen LogP contribution is 2.12. The predicted molar refractivity (Wildman–Crippen MR) is 74.0 cm³/mol. The number of ether oxygens (including phenoxy) is 1. The largest absolute Gasteiger partial charge is 0.480 e. The Labute approximate surface area is 123 Å². The molecule has 2 N–H and O–H groups in total. The minimum atomic E-state index is -3.94. The van der Waals surface area contributed by atoms with Crippen molar-refractivity contribution < 1.29 is 23.1 Å². The Bertz CT molecular complexity index is 619. The van der Waals surface area contributed by atoms with Crippen LogP contribution in [-0.2, 0) is 26.0 Å². The number of carboxylic acid groups (broad SMARTS) is 1. The number of methoxy groups -OCH3 is 1. The van der Waals surface area contributed by atoms with Crippen LogP contribution in [-0.4, -0.2) is 39.3 Å². The minimum Gasteiger partial charge on any atom is -0.480 e. The van der Waals surface area contributed by atoms with E-state index >= 15 is 0 Å². The van der Waals surface area contributed by atoms with Crippen LogP contribution in [0.5, 0.6) is 0 Å². The number of carboxylic acids is 1. The second kappa shape index (κ2) is 7.73. The molecule has 1 aromatic carbocycles. The number of rotatable bonds is 8. The lowest BCUT2D eigenvalue weighted by Crippen LogP contribution is -2.41. The van der Waals surface area contributed by atoms with Gasteiger partial charge in [-0.1, -0.05) is 12.1 Å². The Balaban J connectivity index is 2.88. The molecule has 0 aliphatic rings. The quantitative estimate of drug-likeness (QED) is 0.723. The monoisotopic (exact) mass is 312 g/mol. The zero-order valence-electron chi connectivity index (χ0n) is 11.4. The van der Waals surface area contributed by atoms with Gasteiger partial charge in [-0.3, -0.25) is 4.79 Å². The number of nitriles is 1. The van der Waals surface area contributed by atoms with Gasteiger partial charge in [0.05, 0.1) is 17.4 Å². The standard InChI is InChI=1S/C13H16N2O5S/c1-20-9-7-12(13(16)17)15-21(18,19)11-4-2-10(3-5-11)6-8-14/h2-5,12,15H,6-7,9H2,1H3,(H,16,17). The molecule has 114 valence electrons. The summed E-state index contributed by atoms with van der Waals surface area (Å²) in [7, 11) is -2.53. The van der Waals surface area contributed by atoms with Gasteiger partial charge in [-0.15, -0.1) is 0 Å². The first-order valence-electron chi connectivity index (χ1n) is 6.10. The van der Waals surface area contributed by atoms with Crippen molar-refractivity contribution in [2.24, 2.45) is 0 Å². The number of sulfonamides is 1. The SMILES string of the molecule is COCCC(NS(=O)(=O)c1ccc(CC#N)cc1)C(=O)O. The fraction of sp³-hybridized carbons (Fsp3) is 0.385. The number of carbonyl (C=O) groups is 1. The molecule has 0 heterocycles. The summed E-state index contributed by atoms with van der Waals surface area (Å²) < 4.78 is 31.1. The zero-order chi connectivity index (χ0) is 15.9. The molecule has 0 radical (unpaired) electrons. The van der Waals surface area contributed by atoms with Gasteiger partial charge in [0.2, 0.25) is 10.0 Å². The fourth-order valence-electron chi connectivity index (χ4n) is 1.60. The molecule has 0 aromatic heterocycles. The van der Waals surface area contributed by atoms with Gasteiger partial charge in [-0.05, 0) is 24.1 Å². The average Bonchev–Trinajstić information content (AvgIpc) is 2.44. The van der Waals surface area contributed by atoms with Crippen molar-refractivity contribution in [3.8, 4) is 6.07 Å². The Morgan fingerprint density at radius 1 is 1.43 bits per heavy atom. The lowest BCUT2D eigenvalue weighted by molar-refractivity contribution is -0.139. The highest BCUT2D eigenvalue weighted by molar-refractivity contribution is 7.89. The Kier molecular flexibility index (Phi) is 6.30. The number of aliphatic carboxylic acids is 1. The molecular formula is C13H16N2O5S. The van der Waals surface area contributed by atoms with Crippen molar-refractivity contribution in [3.05, 3.63) is 29.8 Å². The van der Waals surface area contributed by atoms with Crippen molar-refractivity contribution in [1.29, 1.82) is 5.26 Å². The van der Waals surface area contributed by atoms with Gasteiger partial charge >= 0.3 is 5.97 Å². The van der Waals surface area contributed by atoms with Crippen LogP contribution < -0.4 is 4.72 Å². The highest BCUT2D eigenvalue weighted by atomic mass is 32.2. The third kappa shape index (κ3) is 5.15. The number of benzene rings is 1. The fourth-order valence-corrected chi connectivity index (χ4v) is 2.83. The van der Waals surface area contributed by atoms with E-state index in [2.05, 4.69) is 4.72 Å². The van der Waals surface area contributed by atoms with Crippen LogP contribution >= 0.6 is 0 Å². The topological polar surface area (TPSA) is 116 Å². The molecule has 0 aliphatic heterocycles. The van der Waals surface area contributed by atoms with E-state index in [0.717, 1.165) is 0 Å². The van der Waals surface area contributed by atoms with Crippen molar-refractivity contribution in [3.63, 3.8) is 0 Å². The summed E-state index contributed by atoms with van der Waals surface area (Å²) in [5.41, 5.74) is 0.686. The number of hydrogen-bond donors (Lipinski definition) is 2. The molecule has 0 bridgehead atoms. The maximum atomic E-state index is 12.1. The molecule has 1 unspecified atom stereocenters. The van der Waals surface area contributed by atoms with Crippen LogP contribution in [0.15, 0.2) is 29.2 Å². The molecule has 0 saturated heterocycles. The molecule has 0 amide bonds. The normalized spacial score (nSPS) is 12.6. The van der Waals surface area contributed by atoms with Gasteiger partial charge in [0.15, 0.2) is 0 Å². The third-order valence-corrected chi connectivity index (χ3v) is 4.21. The van der Waals surface area contributed by atoms with E-state index in [9.17, 15) is 13.2 Å². The maximum absolute atomic E-state index is 12.1. The number of nitrogens with zero attached hydrogens (tertiary/aromatic N) is 1. The molecule has 1 atom stereocenters. The van der Waals surface area contributed by atoms with E-state index in [-0.39, 0.29) is 24.3 Å².